The van der Waals surface area contributed by atoms with Gasteiger partial charge in [-0.1, -0.05) is 29.4 Å². The number of benzene rings is 1. The number of hydrogen-bond donors (Lipinski definition) is 0. The second-order valence-corrected chi connectivity index (χ2v) is 4.68. The number of hydrogen-bond acceptors (Lipinski definition) is 4. The molecule has 0 unspecified atom stereocenters. The van der Waals surface area contributed by atoms with Crippen molar-refractivity contribution in [1.29, 1.82) is 0 Å². The van der Waals surface area contributed by atoms with Crippen LogP contribution in [0.15, 0.2) is 46.9 Å². The predicted molar refractivity (Wildman–Crippen MR) is 74.5 cm³/mol. The SMILES string of the molecule is Cc1ccccc1OCCO/N=C/c1cccs1. The lowest BCUT2D eigenvalue weighted by molar-refractivity contribution is 0.108. The van der Waals surface area contributed by atoms with Gasteiger partial charge < -0.3 is 9.57 Å². The molecule has 0 aliphatic rings. The quantitative estimate of drug-likeness (QED) is 0.453. The van der Waals surface area contributed by atoms with E-state index in [2.05, 4.69) is 5.16 Å². The minimum atomic E-state index is 0.441. The number of oxime groups is 1. The first-order valence-electron chi connectivity index (χ1n) is 5.73. The minimum Gasteiger partial charge on any atom is -0.490 e. The fraction of sp³-hybridized carbons (Fsp3) is 0.214. The van der Waals surface area contributed by atoms with Gasteiger partial charge in [-0.2, -0.15) is 0 Å². The van der Waals surface area contributed by atoms with Crippen molar-refractivity contribution in [2.24, 2.45) is 5.16 Å². The normalized spacial score (nSPS) is 10.7. The molecule has 0 saturated heterocycles. The van der Waals surface area contributed by atoms with Gasteiger partial charge in [-0.3, -0.25) is 0 Å². The van der Waals surface area contributed by atoms with E-state index in [0.717, 1.165) is 16.2 Å². The largest absolute Gasteiger partial charge is 0.490 e. The molecule has 0 aliphatic heterocycles. The van der Waals surface area contributed by atoms with Crippen LogP contribution < -0.4 is 4.74 Å². The van der Waals surface area contributed by atoms with Crippen molar-refractivity contribution in [1.82, 2.24) is 0 Å². The Balaban J connectivity index is 1.66. The van der Waals surface area contributed by atoms with Gasteiger partial charge >= 0.3 is 0 Å². The van der Waals surface area contributed by atoms with Gasteiger partial charge in [0.05, 0.1) is 6.21 Å². The molecule has 0 amide bonds. The van der Waals surface area contributed by atoms with Gasteiger partial charge in [0.1, 0.15) is 12.4 Å². The Bertz CT molecular complexity index is 494. The van der Waals surface area contributed by atoms with Crippen molar-refractivity contribution in [3.8, 4) is 5.75 Å². The van der Waals surface area contributed by atoms with Crippen LogP contribution in [-0.4, -0.2) is 19.4 Å². The van der Waals surface area contributed by atoms with E-state index in [-0.39, 0.29) is 0 Å². The molecule has 4 heteroatoms. The summed E-state index contributed by atoms with van der Waals surface area (Å²) in [6, 6.07) is 11.9. The first-order chi connectivity index (χ1) is 8.86. The van der Waals surface area contributed by atoms with Crippen LogP contribution in [0.25, 0.3) is 0 Å². The molecule has 2 rings (SSSR count). The van der Waals surface area contributed by atoms with Gasteiger partial charge in [0.25, 0.3) is 0 Å². The summed E-state index contributed by atoms with van der Waals surface area (Å²) < 4.78 is 5.58. The molecule has 0 N–H and O–H groups in total. The molecule has 3 nitrogen and oxygen atoms in total. The van der Waals surface area contributed by atoms with Gasteiger partial charge in [-0.05, 0) is 30.0 Å². The van der Waals surface area contributed by atoms with Crippen molar-refractivity contribution < 1.29 is 9.57 Å². The second kappa shape index (κ2) is 6.81. The van der Waals surface area contributed by atoms with Crippen molar-refractivity contribution in [3.63, 3.8) is 0 Å². The summed E-state index contributed by atoms with van der Waals surface area (Å²) in [6.07, 6.45) is 1.71. The lowest BCUT2D eigenvalue weighted by Gasteiger charge is -2.07. The Kier molecular flexibility index (Phi) is 4.78. The van der Waals surface area contributed by atoms with E-state index in [1.165, 1.54) is 0 Å². The van der Waals surface area contributed by atoms with Crippen LogP contribution >= 0.6 is 11.3 Å². The van der Waals surface area contributed by atoms with Crippen LogP contribution in [0.4, 0.5) is 0 Å². The number of aryl methyl sites for hydroxylation is 1. The van der Waals surface area contributed by atoms with E-state index >= 15 is 0 Å². The second-order valence-electron chi connectivity index (χ2n) is 3.70. The zero-order valence-electron chi connectivity index (χ0n) is 10.2. The van der Waals surface area contributed by atoms with Crippen molar-refractivity contribution in [3.05, 3.63) is 52.2 Å². The summed E-state index contributed by atoms with van der Waals surface area (Å²) in [4.78, 5) is 6.20. The molecule has 0 spiro atoms. The highest BCUT2D eigenvalue weighted by atomic mass is 32.1. The molecule has 0 fully saturated rings. The van der Waals surface area contributed by atoms with Crippen molar-refractivity contribution in [2.75, 3.05) is 13.2 Å². The Labute approximate surface area is 111 Å². The number of thiophene rings is 1. The molecule has 0 aliphatic carbocycles. The van der Waals surface area contributed by atoms with E-state index in [0.29, 0.717) is 13.2 Å². The van der Waals surface area contributed by atoms with Gasteiger partial charge in [0, 0.05) is 4.88 Å². The summed E-state index contributed by atoms with van der Waals surface area (Å²) in [5.74, 6) is 0.892. The highest BCUT2D eigenvalue weighted by molar-refractivity contribution is 7.11. The van der Waals surface area contributed by atoms with E-state index in [9.17, 15) is 0 Å². The zero-order valence-corrected chi connectivity index (χ0v) is 11.0. The first kappa shape index (κ1) is 12.6. The van der Waals surface area contributed by atoms with E-state index < -0.39 is 0 Å². The topological polar surface area (TPSA) is 30.8 Å². The molecule has 2 aromatic rings. The number of para-hydroxylation sites is 1. The molecule has 1 aromatic heterocycles. The summed E-state index contributed by atoms with van der Waals surface area (Å²) in [7, 11) is 0. The van der Waals surface area contributed by atoms with E-state index in [4.69, 9.17) is 9.57 Å². The van der Waals surface area contributed by atoms with Crippen LogP contribution in [0.3, 0.4) is 0 Å². The van der Waals surface area contributed by atoms with Crippen LogP contribution in [0.5, 0.6) is 5.75 Å². The Morgan fingerprint density at radius 3 is 2.83 bits per heavy atom. The van der Waals surface area contributed by atoms with E-state index in [1.54, 1.807) is 17.6 Å². The van der Waals surface area contributed by atoms with Gasteiger partial charge in [-0.25, -0.2) is 0 Å². The Hall–Kier alpha value is -1.81. The molecular weight excluding hydrogens is 246 g/mol. The van der Waals surface area contributed by atoms with Crippen LogP contribution in [0.2, 0.25) is 0 Å². The van der Waals surface area contributed by atoms with E-state index in [1.807, 2.05) is 48.7 Å². The average molecular weight is 261 g/mol. The molecule has 1 aromatic carbocycles. The molecule has 0 radical (unpaired) electrons. The summed E-state index contributed by atoms with van der Waals surface area (Å²) in [5, 5.41) is 5.88. The molecule has 18 heavy (non-hydrogen) atoms. The summed E-state index contributed by atoms with van der Waals surface area (Å²) >= 11 is 1.62. The molecule has 0 saturated carbocycles. The molecule has 0 bridgehead atoms. The maximum Gasteiger partial charge on any atom is 0.151 e. The summed E-state index contributed by atoms with van der Waals surface area (Å²) in [5.41, 5.74) is 1.12. The fourth-order valence-electron chi connectivity index (χ4n) is 1.41. The third-order valence-corrected chi connectivity index (χ3v) is 3.13. The fourth-order valence-corrected chi connectivity index (χ4v) is 1.99. The van der Waals surface area contributed by atoms with Crippen molar-refractivity contribution >= 4 is 17.6 Å². The third-order valence-electron chi connectivity index (χ3n) is 2.32. The maximum absolute atomic E-state index is 5.58. The predicted octanol–water partition coefficient (Wildman–Crippen LogP) is 3.49. The highest BCUT2D eigenvalue weighted by Crippen LogP contribution is 2.15. The highest BCUT2D eigenvalue weighted by Gasteiger charge is 1.96. The number of rotatable bonds is 6. The summed E-state index contributed by atoms with van der Waals surface area (Å²) in [6.45, 7) is 2.95. The average Bonchev–Trinajstić information content (AvgIpc) is 2.89. The Morgan fingerprint density at radius 1 is 1.17 bits per heavy atom. The van der Waals surface area contributed by atoms with Crippen LogP contribution in [-0.2, 0) is 4.84 Å². The molecule has 94 valence electrons. The maximum atomic E-state index is 5.58. The van der Waals surface area contributed by atoms with Crippen LogP contribution in [0, 0.1) is 6.92 Å². The first-order valence-corrected chi connectivity index (χ1v) is 6.61. The lowest BCUT2D eigenvalue weighted by atomic mass is 10.2. The van der Waals surface area contributed by atoms with Crippen molar-refractivity contribution in [2.45, 2.75) is 6.92 Å². The lowest BCUT2D eigenvalue weighted by Crippen LogP contribution is -2.04. The van der Waals surface area contributed by atoms with Gasteiger partial charge in [-0.15, -0.1) is 11.3 Å². The minimum absolute atomic E-state index is 0.441. The van der Waals surface area contributed by atoms with Gasteiger partial charge in [0.2, 0.25) is 0 Å². The standard InChI is InChI=1S/C14H15NO2S/c1-12-5-2-3-7-14(12)16-8-9-17-15-11-13-6-4-10-18-13/h2-7,10-11H,8-9H2,1H3/b15-11+. The van der Waals surface area contributed by atoms with Crippen LogP contribution in [0.1, 0.15) is 10.4 Å². The molecular formula is C14H15NO2S. The molecule has 1 heterocycles. The number of ether oxygens (including phenoxy) is 1. The monoisotopic (exact) mass is 261 g/mol. The zero-order chi connectivity index (χ0) is 12.6. The smallest absolute Gasteiger partial charge is 0.151 e. The Morgan fingerprint density at radius 2 is 2.06 bits per heavy atom. The third kappa shape index (κ3) is 3.89. The number of nitrogens with zero attached hydrogens (tertiary/aromatic N) is 1. The van der Waals surface area contributed by atoms with Gasteiger partial charge in [0.15, 0.2) is 6.61 Å². The molecule has 0 atom stereocenters.